The number of benzene rings is 2. The molecule has 0 aliphatic heterocycles. The first-order chi connectivity index (χ1) is 15.9. The number of anilines is 1. The quantitative estimate of drug-likeness (QED) is 0.320. The van der Waals surface area contributed by atoms with E-state index in [0.717, 1.165) is 53.5 Å². The van der Waals surface area contributed by atoms with Crippen molar-refractivity contribution < 1.29 is 19.4 Å². The number of hydrogen-bond donors (Lipinski definition) is 1. The van der Waals surface area contributed by atoms with Crippen molar-refractivity contribution in [2.45, 2.75) is 30.7 Å². The molecule has 3 rings (SSSR count). The van der Waals surface area contributed by atoms with Gasteiger partial charge >= 0.3 is 5.97 Å². The lowest BCUT2D eigenvalue weighted by Gasteiger charge is -2.20. The summed E-state index contributed by atoms with van der Waals surface area (Å²) in [6, 6.07) is 14.9. The van der Waals surface area contributed by atoms with E-state index in [-0.39, 0.29) is 5.56 Å². The van der Waals surface area contributed by atoms with E-state index in [2.05, 4.69) is 16.8 Å². The average molecular weight is 468 g/mol. The molecule has 0 saturated carbocycles. The van der Waals surface area contributed by atoms with Crippen LogP contribution in [0.2, 0.25) is 0 Å². The molecule has 1 aromatic heterocycles. The Balaban J connectivity index is 1.67. The van der Waals surface area contributed by atoms with Crippen molar-refractivity contribution >= 4 is 23.5 Å². The smallest absolute Gasteiger partial charge is 0.335 e. The average Bonchev–Trinajstić information content (AvgIpc) is 2.85. The summed E-state index contributed by atoms with van der Waals surface area (Å²) in [4.78, 5) is 22.6. The number of carboxylic acids is 1. The molecule has 0 aliphatic carbocycles. The number of likely N-dealkylation sites (N-methyl/N-ethyl adjacent to an activating group) is 1. The van der Waals surface area contributed by atoms with Gasteiger partial charge in [-0.05, 0) is 48.2 Å². The van der Waals surface area contributed by atoms with Crippen LogP contribution in [0.15, 0.2) is 53.7 Å². The Labute approximate surface area is 198 Å². The Morgan fingerprint density at radius 2 is 1.70 bits per heavy atom. The standard InChI is InChI=1S/C25H29N3O4S/c1-5-20-15-23(28(2)13-12-17-8-11-21(31-3)22(14-17)32-4)27-25(26-20)33-16-18-6-9-19(10-7-18)24(29)30/h6-11,14-15H,5,12-13,16H2,1-4H3,(H,29,30). The third-order valence-corrected chi connectivity index (χ3v) is 6.17. The molecule has 0 aliphatic rings. The number of aryl methyl sites for hydroxylation is 1. The summed E-state index contributed by atoms with van der Waals surface area (Å²) in [7, 11) is 5.30. The predicted octanol–water partition coefficient (Wildman–Crippen LogP) is 4.73. The van der Waals surface area contributed by atoms with E-state index in [0.29, 0.717) is 10.9 Å². The molecule has 174 valence electrons. The van der Waals surface area contributed by atoms with Gasteiger partial charge in [0, 0.05) is 31.1 Å². The minimum Gasteiger partial charge on any atom is -0.493 e. The van der Waals surface area contributed by atoms with Crippen molar-refractivity contribution in [3.05, 3.63) is 70.9 Å². The van der Waals surface area contributed by atoms with Crippen molar-refractivity contribution in [3.8, 4) is 11.5 Å². The molecule has 1 N–H and O–H groups in total. The summed E-state index contributed by atoms with van der Waals surface area (Å²) >= 11 is 1.55. The Hall–Kier alpha value is -3.26. The summed E-state index contributed by atoms with van der Waals surface area (Å²) in [5, 5.41) is 9.76. The Kier molecular flexibility index (Phi) is 8.54. The molecule has 8 heteroatoms. The molecule has 1 heterocycles. The molecule has 0 saturated heterocycles. The minimum atomic E-state index is -0.922. The number of carbonyl (C=O) groups is 1. The monoisotopic (exact) mass is 467 g/mol. The zero-order valence-corrected chi connectivity index (χ0v) is 20.2. The van der Waals surface area contributed by atoms with Gasteiger partial charge in [-0.3, -0.25) is 0 Å². The molecule has 7 nitrogen and oxygen atoms in total. The van der Waals surface area contributed by atoms with E-state index in [1.165, 1.54) is 0 Å². The van der Waals surface area contributed by atoms with E-state index in [4.69, 9.17) is 19.6 Å². The van der Waals surface area contributed by atoms with Crippen LogP contribution in [-0.2, 0) is 18.6 Å². The maximum Gasteiger partial charge on any atom is 0.335 e. The highest BCUT2D eigenvalue weighted by Gasteiger charge is 2.11. The van der Waals surface area contributed by atoms with Crippen molar-refractivity contribution in [2.24, 2.45) is 0 Å². The molecule has 0 unspecified atom stereocenters. The van der Waals surface area contributed by atoms with Gasteiger partial charge in [-0.25, -0.2) is 14.8 Å². The number of methoxy groups -OCH3 is 2. The summed E-state index contributed by atoms with van der Waals surface area (Å²) in [5.41, 5.74) is 3.45. The van der Waals surface area contributed by atoms with Gasteiger partial charge in [0.25, 0.3) is 0 Å². The largest absolute Gasteiger partial charge is 0.493 e. The van der Waals surface area contributed by atoms with Crippen LogP contribution >= 0.6 is 11.8 Å². The van der Waals surface area contributed by atoms with Gasteiger partial charge < -0.3 is 19.5 Å². The molecule has 0 amide bonds. The maximum absolute atomic E-state index is 11.0. The fourth-order valence-corrected chi connectivity index (χ4v) is 4.07. The van der Waals surface area contributed by atoms with Crippen LogP contribution in [0, 0.1) is 0 Å². The fraction of sp³-hybridized carbons (Fsp3) is 0.320. The van der Waals surface area contributed by atoms with Crippen LogP contribution in [-0.4, -0.2) is 48.9 Å². The highest BCUT2D eigenvalue weighted by atomic mass is 32.2. The molecule has 2 aromatic carbocycles. The number of rotatable bonds is 11. The number of hydrogen-bond acceptors (Lipinski definition) is 7. The SMILES string of the molecule is CCc1cc(N(C)CCc2ccc(OC)c(OC)c2)nc(SCc2ccc(C(=O)O)cc2)n1. The highest BCUT2D eigenvalue weighted by Crippen LogP contribution is 2.28. The van der Waals surface area contributed by atoms with Crippen molar-refractivity contribution in [2.75, 3.05) is 32.7 Å². The van der Waals surface area contributed by atoms with Crippen molar-refractivity contribution in [1.82, 2.24) is 9.97 Å². The second-order valence-corrected chi connectivity index (χ2v) is 8.45. The minimum absolute atomic E-state index is 0.284. The Morgan fingerprint density at radius 3 is 2.33 bits per heavy atom. The summed E-state index contributed by atoms with van der Waals surface area (Å²) in [6.45, 7) is 2.87. The molecule has 0 radical (unpaired) electrons. The number of aromatic nitrogens is 2. The van der Waals surface area contributed by atoms with Crippen molar-refractivity contribution in [1.29, 1.82) is 0 Å². The van der Waals surface area contributed by atoms with Gasteiger partial charge in [0.1, 0.15) is 5.82 Å². The van der Waals surface area contributed by atoms with Crippen LogP contribution in [0.25, 0.3) is 0 Å². The Morgan fingerprint density at radius 1 is 1.00 bits per heavy atom. The van der Waals surface area contributed by atoms with Gasteiger partial charge in [0.2, 0.25) is 0 Å². The van der Waals surface area contributed by atoms with Crippen LogP contribution in [0.3, 0.4) is 0 Å². The highest BCUT2D eigenvalue weighted by molar-refractivity contribution is 7.98. The Bertz CT molecular complexity index is 1090. The van der Waals surface area contributed by atoms with E-state index in [9.17, 15) is 4.79 Å². The first-order valence-corrected chi connectivity index (χ1v) is 11.7. The number of ether oxygens (including phenoxy) is 2. The van der Waals surface area contributed by atoms with Gasteiger partial charge in [0.15, 0.2) is 16.7 Å². The summed E-state index contributed by atoms with van der Waals surface area (Å²) in [6.07, 6.45) is 1.65. The lowest BCUT2D eigenvalue weighted by Crippen LogP contribution is -2.22. The van der Waals surface area contributed by atoms with Crippen LogP contribution in [0.5, 0.6) is 11.5 Å². The summed E-state index contributed by atoms with van der Waals surface area (Å²) in [5.74, 6) is 2.07. The van der Waals surface area contributed by atoms with Crippen molar-refractivity contribution in [3.63, 3.8) is 0 Å². The lowest BCUT2D eigenvalue weighted by atomic mass is 10.1. The zero-order valence-electron chi connectivity index (χ0n) is 19.4. The van der Waals surface area contributed by atoms with Crippen LogP contribution < -0.4 is 14.4 Å². The number of carboxylic acid groups (broad SMARTS) is 1. The fourth-order valence-electron chi connectivity index (χ4n) is 3.24. The molecular weight excluding hydrogens is 438 g/mol. The van der Waals surface area contributed by atoms with Crippen LogP contribution in [0.4, 0.5) is 5.82 Å². The number of thioether (sulfide) groups is 1. The zero-order chi connectivity index (χ0) is 23.8. The van der Waals surface area contributed by atoms with E-state index < -0.39 is 5.97 Å². The first kappa shape index (κ1) is 24.4. The number of aromatic carboxylic acids is 1. The normalized spacial score (nSPS) is 10.7. The van der Waals surface area contributed by atoms with Crippen LogP contribution in [0.1, 0.15) is 34.1 Å². The summed E-state index contributed by atoms with van der Waals surface area (Å²) < 4.78 is 10.7. The van der Waals surface area contributed by atoms with Gasteiger partial charge in [-0.15, -0.1) is 0 Å². The molecule has 33 heavy (non-hydrogen) atoms. The second-order valence-electron chi connectivity index (χ2n) is 7.51. The third-order valence-electron chi connectivity index (χ3n) is 5.25. The molecule has 0 spiro atoms. The second kappa shape index (κ2) is 11.6. The molecule has 0 bridgehead atoms. The molecule has 0 fully saturated rings. The molecular formula is C25H29N3O4S. The molecule has 3 aromatic rings. The predicted molar refractivity (Wildman–Crippen MR) is 131 cm³/mol. The van der Waals surface area contributed by atoms with Gasteiger partial charge in [-0.1, -0.05) is 36.9 Å². The van der Waals surface area contributed by atoms with Gasteiger partial charge in [0.05, 0.1) is 19.8 Å². The van der Waals surface area contributed by atoms with E-state index in [1.807, 2.05) is 43.4 Å². The first-order valence-electron chi connectivity index (χ1n) is 10.7. The third kappa shape index (κ3) is 6.61. The maximum atomic E-state index is 11.0. The lowest BCUT2D eigenvalue weighted by molar-refractivity contribution is 0.0697. The van der Waals surface area contributed by atoms with E-state index >= 15 is 0 Å². The van der Waals surface area contributed by atoms with Gasteiger partial charge in [-0.2, -0.15) is 0 Å². The number of nitrogens with zero attached hydrogens (tertiary/aromatic N) is 3. The topological polar surface area (TPSA) is 84.8 Å². The molecule has 0 atom stereocenters. The van der Waals surface area contributed by atoms with E-state index in [1.54, 1.807) is 38.1 Å².